The number of carbonyl (C=O) groups excluding carboxylic acids is 1. The van der Waals surface area contributed by atoms with Crippen LogP contribution in [0.2, 0.25) is 5.02 Å². The Morgan fingerprint density at radius 1 is 1.00 bits per heavy atom. The number of hydrogen-bond acceptors (Lipinski definition) is 3. The van der Waals surface area contributed by atoms with Crippen LogP contribution in [-0.2, 0) is 4.79 Å². The highest BCUT2D eigenvalue weighted by Gasteiger charge is 2.23. The highest BCUT2D eigenvalue weighted by Crippen LogP contribution is 2.26. The quantitative estimate of drug-likeness (QED) is 0.817. The molecule has 0 saturated carbocycles. The summed E-state index contributed by atoms with van der Waals surface area (Å²) in [6.07, 6.45) is 0. The fourth-order valence-corrected chi connectivity index (χ4v) is 3.87. The Balaban J connectivity index is 1.53. The van der Waals surface area contributed by atoms with Crippen molar-refractivity contribution >= 4 is 23.2 Å². The van der Waals surface area contributed by atoms with Gasteiger partial charge < -0.3 is 15.1 Å². The summed E-state index contributed by atoms with van der Waals surface area (Å²) in [5.41, 5.74) is 2.28. The van der Waals surface area contributed by atoms with Crippen molar-refractivity contribution in [3.8, 4) is 0 Å². The number of hydrogen-bond donors (Lipinski definition) is 1. The summed E-state index contributed by atoms with van der Waals surface area (Å²) in [6.45, 7) is 7.79. The molecule has 0 radical (unpaired) electrons. The molecule has 1 N–H and O–H groups in total. The molecule has 144 valence electrons. The lowest BCUT2D eigenvalue weighted by Gasteiger charge is -2.37. The lowest BCUT2D eigenvalue weighted by atomic mass is 9.96. The number of halogens is 1. The van der Waals surface area contributed by atoms with E-state index in [1.165, 1.54) is 5.56 Å². The van der Waals surface area contributed by atoms with Crippen molar-refractivity contribution < 1.29 is 4.79 Å². The molecule has 0 aromatic heterocycles. The molecule has 1 aliphatic rings. The van der Waals surface area contributed by atoms with E-state index in [9.17, 15) is 4.79 Å². The van der Waals surface area contributed by atoms with Gasteiger partial charge in [0, 0.05) is 32.2 Å². The van der Waals surface area contributed by atoms with E-state index in [0.29, 0.717) is 12.5 Å². The van der Waals surface area contributed by atoms with E-state index in [0.717, 1.165) is 36.9 Å². The molecule has 5 heteroatoms. The summed E-state index contributed by atoms with van der Waals surface area (Å²) in [5.74, 6) is 0.577. The molecule has 0 bridgehead atoms. The third-order valence-electron chi connectivity index (χ3n) is 5.12. The van der Waals surface area contributed by atoms with Crippen molar-refractivity contribution in [1.82, 2.24) is 10.2 Å². The van der Waals surface area contributed by atoms with Crippen LogP contribution in [-0.4, -0.2) is 43.5 Å². The molecule has 1 saturated heterocycles. The van der Waals surface area contributed by atoms with Gasteiger partial charge in [-0.1, -0.05) is 67.9 Å². The lowest BCUT2D eigenvalue weighted by molar-refractivity contribution is -0.130. The molecule has 2 aromatic rings. The summed E-state index contributed by atoms with van der Waals surface area (Å²) < 4.78 is 0. The first-order valence-electron chi connectivity index (χ1n) is 9.62. The summed E-state index contributed by atoms with van der Waals surface area (Å²) in [7, 11) is 0. The summed E-state index contributed by atoms with van der Waals surface area (Å²) >= 11 is 6.30. The molecular formula is C22H28ClN3O. The minimum absolute atomic E-state index is 0.162. The summed E-state index contributed by atoms with van der Waals surface area (Å²) in [5, 5.41) is 4.22. The summed E-state index contributed by atoms with van der Waals surface area (Å²) in [6, 6.07) is 18.4. The molecule has 0 aliphatic carbocycles. The lowest BCUT2D eigenvalue weighted by Crippen LogP contribution is -2.51. The average molecular weight is 386 g/mol. The van der Waals surface area contributed by atoms with Crippen LogP contribution >= 0.6 is 11.6 Å². The zero-order valence-electron chi connectivity index (χ0n) is 16.1. The second-order valence-corrected chi connectivity index (χ2v) is 7.74. The first kappa shape index (κ1) is 19.7. The Bertz CT molecular complexity index is 742. The first-order valence-corrected chi connectivity index (χ1v) is 9.99. The predicted molar refractivity (Wildman–Crippen MR) is 112 cm³/mol. The molecular weight excluding hydrogens is 358 g/mol. The van der Waals surface area contributed by atoms with E-state index < -0.39 is 0 Å². The van der Waals surface area contributed by atoms with Gasteiger partial charge in [0.25, 0.3) is 0 Å². The van der Waals surface area contributed by atoms with Crippen LogP contribution in [0.1, 0.15) is 25.5 Å². The second-order valence-electron chi connectivity index (χ2n) is 7.33. The Morgan fingerprint density at radius 3 is 2.26 bits per heavy atom. The first-order chi connectivity index (χ1) is 13.1. The number of nitrogens with one attached hydrogen (secondary N) is 1. The van der Waals surface area contributed by atoms with E-state index in [4.69, 9.17) is 11.6 Å². The molecule has 4 nitrogen and oxygen atoms in total. The summed E-state index contributed by atoms with van der Waals surface area (Å²) in [4.78, 5) is 16.9. The molecule has 1 heterocycles. The number of para-hydroxylation sites is 1. The maximum Gasteiger partial charge on any atom is 0.236 e. The zero-order valence-corrected chi connectivity index (χ0v) is 16.8. The van der Waals surface area contributed by atoms with Crippen molar-refractivity contribution in [1.29, 1.82) is 0 Å². The number of anilines is 1. The van der Waals surface area contributed by atoms with Crippen molar-refractivity contribution in [3.63, 3.8) is 0 Å². The van der Waals surface area contributed by atoms with Crippen molar-refractivity contribution in [2.24, 2.45) is 5.92 Å². The van der Waals surface area contributed by atoms with Crippen LogP contribution in [0.4, 0.5) is 5.69 Å². The van der Waals surface area contributed by atoms with Crippen LogP contribution in [0.3, 0.4) is 0 Å². The number of nitrogens with zero attached hydrogens (tertiary/aromatic N) is 2. The number of piperazine rings is 1. The Hall–Kier alpha value is -2.04. The van der Waals surface area contributed by atoms with Crippen LogP contribution in [0.5, 0.6) is 0 Å². The Labute approximate surface area is 167 Å². The fraction of sp³-hybridized carbons (Fsp3) is 0.409. The Morgan fingerprint density at radius 2 is 1.63 bits per heavy atom. The molecule has 0 unspecified atom stereocenters. The molecule has 1 aliphatic heterocycles. The molecule has 2 aromatic carbocycles. The van der Waals surface area contributed by atoms with Crippen LogP contribution in [0.15, 0.2) is 54.6 Å². The van der Waals surface area contributed by atoms with Gasteiger partial charge in [-0.3, -0.25) is 4.79 Å². The highest BCUT2D eigenvalue weighted by molar-refractivity contribution is 6.33. The largest absolute Gasteiger partial charge is 0.367 e. The standard InChI is InChI=1S/C22H28ClN3O/c1-17(2)22(18-8-4-3-5-9-18)24-16-21(27)26-14-12-25(13-15-26)20-11-7-6-10-19(20)23/h3-11,17,22,24H,12-16H2,1-2H3/t22-/m0/s1. The van der Waals surface area contributed by atoms with E-state index in [-0.39, 0.29) is 11.9 Å². The van der Waals surface area contributed by atoms with Gasteiger partial charge in [-0.25, -0.2) is 0 Å². The van der Waals surface area contributed by atoms with E-state index in [1.54, 1.807) is 0 Å². The maximum atomic E-state index is 12.7. The smallest absolute Gasteiger partial charge is 0.236 e. The molecule has 0 spiro atoms. The van der Waals surface area contributed by atoms with Gasteiger partial charge in [0.1, 0.15) is 0 Å². The predicted octanol–water partition coefficient (Wildman–Crippen LogP) is 3.98. The van der Waals surface area contributed by atoms with Crippen molar-refractivity contribution in [2.45, 2.75) is 19.9 Å². The van der Waals surface area contributed by atoms with Gasteiger partial charge in [-0.2, -0.15) is 0 Å². The molecule has 27 heavy (non-hydrogen) atoms. The minimum Gasteiger partial charge on any atom is -0.367 e. The minimum atomic E-state index is 0.162. The number of rotatable bonds is 6. The average Bonchev–Trinajstić information content (AvgIpc) is 2.69. The SMILES string of the molecule is CC(C)[C@H](NCC(=O)N1CCN(c2ccccc2Cl)CC1)c1ccccc1. The van der Waals surface area contributed by atoms with Crippen LogP contribution in [0.25, 0.3) is 0 Å². The molecule has 1 amide bonds. The fourth-order valence-electron chi connectivity index (χ4n) is 3.61. The topological polar surface area (TPSA) is 35.6 Å². The van der Waals surface area contributed by atoms with E-state index in [2.05, 4.69) is 36.2 Å². The van der Waals surface area contributed by atoms with Gasteiger partial charge in [-0.05, 0) is 23.6 Å². The Kier molecular flexibility index (Phi) is 6.75. The normalized spacial score (nSPS) is 15.9. The van der Waals surface area contributed by atoms with Crippen LogP contribution in [0, 0.1) is 5.92 Å². The number of amides is 1. The number of carbonyl (C=O) groups is 1. The van der Waals surface area contributed by atoms with E-state index in [1.807, 2.05) is 47.4 Å². The maximum absolute atomic E-state index is 12.7. The number of benzene rings is 2. The highest BCUT2D eigenvalue weighted by atomic mass is 35.5. The van der Waals surface area contributed by atoms with Gasteiger partial charge in [-0.15, -0.1) is 0 Å². The molecule has 1 atom stereocenters. The van der Waals surface area contributed by atoms with Gasteiger partial charge in [0.2, 0.25) is 5.91 Å². The van der Waals surface area contributed by atoms with Crippen molar-refractivity contribution in [2.75, 3.05) is 37.6 Å². The monoisotopic (exact) mass is 385 g/mol. The zero-order chi connectivity index (χ0) is 19.2. The van der Waals surface area contributed by atoms with E-state index >= 15 is 0 Å². The van der Waals surface area contributed by atoms with Crippen molar-refractivity contribution in [3.05, 3.63) is 65.2 Å². The van der Waals surface area contributed by atoms with Gasteiger partial charge in [0.05, 0.1) is 17.3 Å². The van der Waals surface area contributed by atoms with Gasteiger partial charge >= 0.3 is 0 Å². The third kappa shape index (κ3) is 5.02. The third-order valence-corrected chi connectivity index (χ3v) is 5.44. The van der Waals surface area contributed by atoms with Crippen LogP contribution < -0.4 is 10.2 Å². The molecule has 3 rings (SSSR count). The molecule has 1 fully saturated rings. The van der Waals surface area contributed by atoms with Gasteiger partial charge in [0.15, 0.2) is 0 Å². The second kappa shape index (κ2) is 9.25.